The van der Waals surface area contributed by atoms with Crippen LogP contribution in [0.15, 0.2) is 0 Å². The predicted molar refractivity (Wildman–Crippen MR) is 95.3 cm³/mol. The fourth-order valence-corrected chi connectivity index (χ4v) is 10.5. The van der Waals surface area contributed by atoms with Crippen LogP contribution in [-0.2, 0) is 20.4 Å². The molecule has 3 fully saturated rings. The molecule has 0 heterocycles. The van der Waals surface area contributed by atoms with E-state index in [-0.39, 0.29) is 35.8 Å². The molecule has 0 radical (unpaired) electrons. The Hall–Kier alpha value is 1.09. The third kappa shape index (κ3) is 5.59. The van der Waals surface area contributed by atoms with Gasteiger partial charge in [0.05, 0.1) is 17.0 Å². The first-order chi connectivity index (χ1) is 9.45. The smallest absolute Gasteiger partial charge is 0.358 e. The van der Waals surface area contributed by atoms with Crippen LogP contribution in [0.3, 0.4) is 0 Å². The molecule has 2 heteroatoms. The summed E-state index contributed by atoms with van der Waals surface area (Å²) in [5, 5.41) is 0. The van der Waals surface area contributed by atoms with Crippen LogP contribution < -0.4 is 0 Å². The van der Waals surface area contributed by atoms with Crippen LogP contribution in [0.5, 0.6) is 0 Å². The van der Waals surface area contributed by atoms with Gasteiger partial charge < -0.3 is 7.43 Å². The zero-order valence-electron chi connectivity index (χ0n) is 14.2. The van der Waals surface area contributed by atoms with Gasteiger partial charge in [-0.2, -0.15) is 0 Å². The molecule has 0 spiro atoms. The summed E-state index contributed by atoms with van der Waals surface area (Å²) >= 11 is 0. The summed E-state index contributed by atoms with van der Waals surface area (Å²) in [7, 11) is -0.0465. The minimum absolute atomic E-state index is 0. The Bertz CT molecular complexity index is 207. The van der Waals surface area contributed by atoms with E-state index in [0.717, 1.165) is 0 Å². The van der Waals surface area contributed by atoms with Gasteiger partial charge >= 0.3 is 20.4 Å². The average molecular weight is 403 g/mol. The maximum Gasteiger partial charge on any atom is 2.00 e. The van der Waals surface area contributed by atoms with Gasteiger partial charge in [0.1, 0.15) is 0 Å². The second-order valence-electron chi connectivity index (χ2n) is 7.50. The molecule has 0 saturated heterocycles. The maximum absolute atomic E-state index is 1.63. The van der Waals surface area contributed by atoms with Gasteiger partial charge in [0, 0.05) is 7.92 Å². The van der Waals surface area contributed by atoms with Crippen molar-refractivity contribution in [3.05, 3.63) is 7.43 Å². The van der Waals surface area contributed by atoms with E-state index in [1.165, 1.54) is 17.0 Å². The zero-order chi connectivity index (χ0) is 12.9. The van der Waals surface area contributed by atoms with Crippen LogP contribution in [0.2, 0.25) is 0 Å². The zero-order valence-corrected chi connectivity index (χ0v) is 16.7. The second-order valence-corrected chi connectivity index (χ2v) is 11.0. The third-order valence-electron chi connectivity index (χ3n) is 6.23. The van der Waals surface area contributed by atoms with Crippen molar-refractivity contribution in [3.63, 3.8) is 0 Å². The summed E-state index contributed by atoms with van der Waals surface area (Å²) in [5.41, 5.74) is 3.68. The minimum atomic E-state index is -0.0465. The van der Waals surface area contributed by atoms with Crippen molar-refractivity contribution in [3.8, 4) is 0 Å². The van der Waals surface area contributed by atoms with Crippen molar-refractivity contribution in [2.24, 2.45) is 0 Å². The van der Waals surface area contributed by atoms with E-state index in [1.807, 2.05) is 0 Å². The molecule has 0 unspecified atom stereocenters. The number of rotatable bonds is 3. The largest absolute Gasteiger partial charge is 2.00 e. The van der Waals surface area contributed by atoms with Gasteiger partial charge in [0.15, 0.2) is 0 Å². The van der Waals surface area contributed by atoms with Crippen LogP contribution >= 0.6 is 7.92 Å². The molecule has 0 aliphatic heterocycles. The van der Waals surface area contributed by atoms with E-state index >= 15 is 0 Å². The Balaban J connectivity index is 0.00000110. The van der Waals surface area contributed by atoms with Crippen LogP contribution in [-0.4, -0.2) is 17.0 Å². The summed E-state index contributed by atoms with van der Waals surface area (Å²) in [6.45, 7) is 0. The molecule has 0 aromatic carbocycles. The predicted octanol–water partition coefficient (Wildman–Crippen LogP) is 6.65. The summed E-state index contributed by atoms with van der Waals surface area (Å²) in [6.07, 6.45) is 23.8. The Morgan fingerprint density at radius 2 is 0.667 bits per heavy atom. The van der Waals surface area contributed by atoms with Gasteiger partial charge in [0.2, 0.25) is 0 Å². The Kier molecular flexibility index (Phi) is 10.3. The molecular formula is C19H37PPd+2. The van der Waals surface area contributed by atoms with E-state index in [0.29, 0.717) is 0 Å². The molecular weight excluding hydrogens is 366 g/mol. The van der Waals surface area contributed by atoms with Crippen LogP contribution in [0, 0.1) is 7.43 Å². The fourth-order valence-electron chi connectivity index (χ4n) is 5.31. The summed E-state index contributed by atoms with van der Waals surface area (Å²) < 4.78 is 0. The Labute approximate surface area is 149 Å². The molecule has 0 bridgehead atoms. The first-order valence-electron chi connectivity index (χ1n) is 9.32. The topological polar surface area (TPSA) is 0 Å². The molecule has 0 aromatic rings. The summed E-state index contributed by atoms with van der Waals surface area (Å²) in [4.78, 5) is 0. The van der Waals surface area contributed by atoms with Gasteiger partial charge in [-0.05, 0) is 77.0 Å². The maximum atomic E-state index is 1.63. The molecule has 0 amide bonds. The summed E-state index contributed by atoms with van der Waals surface area (Å²) in [6, 6.07) is 0. The molecule has 0 N–H and O–H groups in total. The number of hydrogen-bond donors (Lipinski definition) is 0. The SMILES string of the molecule is C1CCC([PH+](C2CCCCC2)C2CCCCC2)CC1.[CH3-].[Pd+2]. The molecule has 0 atom stereocenters. The standard InChI is InChI=1S/C18H33P.CH3.Pd/c1-4-10-16(11-5-1)19(17-12-6-2-7-13-17)18-14-8-3-9-15-18;;/h16-18H,1-15H2;1H3;/q;-1;+2/p+1. The molecule has 3 aliphatic rings. The molecule has 126 valence electrons. The molecule has 3 aliphatic carbocycles. The van der Waals surface area contributed by atoms with Crippen molar-refractivity contribution in [2.75, 3.05) is 0 Å². The van der Waals surface area contributed by atoms with Crippen LogP contribution in [0.4, 0.5) is 0 Å². The van der Waals surface area contributed by atoms with Crippen molar-refractivity contribution in [2.45, 2.75) is 113 Å². The first kappa shape index (κ1) is 20.1. The quantitative estimate of drug-likeness (QED) is 0.282. The first-order valence-corrected chi connectivity index (χ1v) is 11.0. The van der Waals surface area contributed by atoms with E-state index in [9.17, 15) is 0 Å². The third-order valence-corrected chi connectivity index (χ3v) is 10.8. The van der Waals surface area contributed by atoms with Crippen molar-refractivity contribution >= 4 is 7.92 Å². The number of hydrogen-bond acceptors (Lipinski definition) is 0. The molecule has 21 heavy (non-hydrogen) atoms. The minimum Gasteiger partial charge on any atom is -0.358 e. The molecule has 3 rings (SSSR count). The monoisotopic (exact) mass is 402 g/mol. The molecule has 0 nitrogen and oxygen atoms in total. The van der Waals surface area contributed by atoms with Gasteiger partial charge in [-0.3, -0.25) is 0 Å². The Morgan fingerprint density at radius 3 is 0.905 bits per heavy atom. The van der Waals surface area contributed by atoms with Crippen molar-refractivity contribution < 1.29 is 20.4 Å². The van der Waals surface area contributed by atoms with Gasteiger partial charge in [0.25, 0.3) is 0 Å². The summed E-state index contributed by atoms with van der Waals surface area (Å²) in [5.74, 6) is 0. The molecule has 3 saturated carbocycles. The van der Waals surface area contributed by atoms with Crippen LogP contribution in [0.25, 0.3) is 0 Å². The molecule has 0 aromatic heterocycles. The van der Waals surface area contributed by atoms with Crippen LogP contribution in [0.1, 0.15) is 96.3 Å². The second kappa shape index (κ2) is 10.8. The normalized spacial score (nSPS) is 26.1. The van der Waals surface area contributed by atoms with E-state index in [4.69, 9.17) is 0 Å². The fraction of sp³-hybridized carbons (Fsp3) is 0.947. The van der Waals surface area contributed by atoms with Gasteiger partial charge in [-0.25, -0.2) is 0 Å². The van der Waals surface area contributed by atoms with E-state index in [2.05, 4.69) is 0 Å². The van der Waals surface area contributed by atoms with Crippen molar-refractivity contribution in [1.82, 2.24) is 0 Å². The van der Waals surface area contributed by atoms with Crippen molar-refractivity contribution in [1.29, 1.82) is 0 Å². The Morgan fingerprint density at radius 1 is 0.429 bits per heavy atom. The van der Waals surface area contributed by atoms with E-state index in [1.54, 1.807) is 96.3 Å². The van der Waals surface area contributed by atoms with Gasteiger partial charge in [-0.15, -0.1) is 0 Å². The average Bonchev–Trinajstić information content (AvgIpc) is 2.51. The van der Waals surface area contributed by atoms with Gasteiger partial charge in [-0.1, -0.05) is 19.3 Å². The van der Waals surface area contributed by atoms with E-state index < -0.39 is 0 Å².